The lowest BCUT2D eigenvalue weighted by molar-refractivity contribution is 0.268. The van der Waals surface area contributed by atoms with Crippen molar-refractivity contribution < 1.29 is 4.74 Å². The lowest BCUT2D eigenvalue weighted by Crippen LogP contribution is -2.20. The van der Waals surface area contributed by atoms with E-state index in [0.29, 0.717) is 13.2 Å². The first-order valence-electron chi connectivity index (χ1n) is 4.52. The third-order valence-electron chi connectivity index (χ3n) is 2.40. The summed E-state index contributed by atoms with van der Waals surface area (Å²) < 4.78 is 5.50. The maximum Gasteiger partial charge on any atom is 0.124 e. The van der Waals surface area contributed by atoms with E-state index < -0.39 is 0 Å². The summed E-state index contributed by atoms with van der Waals surface area (Å²) in [5.41, 5.74) is 13.6. The van der Waals surface area contributed by atoms with Gasteiger partial charge in [-0.1, -0.05) is 12.1 Å². The molecule has 3 nitrogen and oxygen atoms in total. The van der Waals surface area contributed by atoms with Crippen molar-refractivity contribution in [3.05, 3.63) is 29.3 Å². The van der Waals surface area contributed by atoms with Gasteiger partial charge in [-0.15, -0.1) is 0 Å². The van der Waals surface area contributed by atoms with Crippen molar-refractivity contribution in [2.45, 2.75) is 19.0 Å². The number of hydrogen-bond donors (Lipinski definition) is 2. The molecule has 0 fully saturated rings. The van der Waals surface area contributed by atoms with Crippen molar-refractivity contribution in [2.75, 3.05) is 6.61 Å². The molecule has 0 saturated carbocycles. The van der Waals surface area contributed by atoms with Crippen molar-refractivity contribution in [1.82, 2.24) is 0 Å². The highest BCUT2D eigenvalue weighted by Crippen LogP contribution is 2.30. The van der Waals surface area contributed by atoms with Gasteiger partial charge in [0, 0.05) is 24.6 Å². The molecule has 4 N–H and O–H groups in total. The van der Waals surface area contributed by atoms with Crippen LogP contribution in [0.2, 0.25) is 0 Å². The van der Waals surface area contributed by atoms with E-state index in [9.17, 15) is 0 Å². The largest absolute Gasteiger partial charge is 0.493 e. The standard InChI is InChI=1S/C10H14N2O/c11-6-7-1-2-8-9(12)3-4-13-10(8)5-7/h1-2,5,9H,3-4,6,11-12H2/t9-/m0/s1. The second kappa shape index (κ2) is 3.36. The first-order chi connectivity index (χ1) is 6.31. The summed E-state index contributed by atoms with van der Waals surface area (Å²) >= 11 is 0. The lowest BCUT2D eigenvalue weighted by atomic mass is 10.00. The maximum atomic E-state index is 5.93. The molecule has 1 aromatic carbocycles. The minimum Gasteiger partial charge on any atom is -0.493 e. The first-order valence-corrected chi connectivity index (χ1v) is 4.52. The molecule has 1 aromatic rings. The molecule has 1 heterocycles. The highest BCUT2D eigenvalue weighted by atomic mass is 16.5. The average Bonchev–Trinajstić information content (AvgIpc) is 2.18. The fraction of sp³-hybridized carbons (Fsp3) is 0.400. The molecule has 0 aromatic heterocycles. The summed E-state index contributed by atoms with van der Waals surface area (Å²) in [6.45, 7) is 1.26. The van der Waals surface area contributed by atoms with Gasteiger partial charge < -0.3 is 16.2 Å². The summed E-state index contributed by atoms with van der Waals surface area (Å²) in [4.78, 5) is 0. The molecule has 0 amide bonds. The van der Waals surface area contributed by atoms with Crippen LogP contribution in [0.4, 0.5) is 0 Å². The van der Waals surface area contributed by atoms with Gasteiger partial charge in [0.25, 0.3) is 0 Å². The van der Waals surface area contributed by atoms with Gasteiger partial charge >= 0.3 is 0 Å². The van der Waals surface area contributed by atoms with Crippen molar-refractivity contribution >= 4 is 0 Å². The highest BCUT2D eigenvalue weighted by Gasteiger charge is 2.17. The summed E-state index contributed by atoms with van der Waals surface area (Å²) in [6, 6.07) is 6.12. The number of ether oxygens (including phenoxy) is 1. The molecule has 1 atom stereocenters. The summed E-state index contributed by atoms with van der Waals surface area (Å²) in [6.07, 6.45) is 0.898. The number of nitrogens with two attached hydrogens (primary N) is 2. The maximum absolute atomic E-state index is 5.93. The van der Waals surface area contributed by atoms with Crippen molar-refractivity contribution in [2.24, 2.45) is 11.5 Å². The van der Waals surface area contributed by atoms with E-state index in [0.717, 1.165) is 23.3 Å². The molecule has 3 heteroatoms. The summed E-state index contributed by atoms with van der Waals surface area (Å²) in [5, 5.41) is 0. The molecule has 0 bridgehead atoms. The quantitative estimate of drug-likeness (QED) is 0.672. The molecular weight excluding hydrogens is 164 g/mol. The Hall–Kier alpha value is -1.06. The fourth-order valence-electron chi connectivity index (χ4n) is 1.59. The Morgan fingerprint density at radius 2 is 2.31 bits per heavy atom. The predicted octanol–water partition coefficient (Wildman–Crippen LogP) is 0.928. The average molecular weight is 178 g/mol. The second-order valence-electron chi connectivity index (χ2n) is 3.32. The van der Waals surface area contributed by atoms with Gasteiger partial charge in [0.05, 0.1) is 6.61 Å². The Morgan fingerprint density at radius 3 is 3.08 bits per heavy atom. The SMILES string of the molecule is NCc1ccc2c(c1)OCC[C@@H]2N. The molecule has 70 valence electrons. The molecule has 0 aliphatic carbocycles. The minimum absolute atomic E-state index is 0.121. The van der Waals surface area contributed by atoms with Crippen LogP contribution in [0.3, 0.4) is 0 Å². The van der Waals surface area contributed by atoms with E-state index >= 15 is 0 Å². The normalized spacial score (nSPS) is 20.6. The van der Waals surface area contributed by atoms with Crippen molar-refractivity contribution in [1.29, 1.82) is 0 Å². The number of hydrogen-bond acceptors (Lipinski definition) is 3. The zero-order chi connectivity index (χ0) is 9.26. The third kappa shape index (κ3) is 1.53. The number of benzene rings is 1. The predicted molar refractivity (Wildman–Crippen MR) is 51.4 cm³/mol. The van der Waals surface area contributed by atoms with Crippen LogP contribution >= 0.6 is 0 Å². The van der Waals surface area contributed by atoms with E-state index in [4.69, 9.17) is 16.2 Å². The van der Waals surface area contributed by atoms with E-state index in [1.807, 2.05) is 18.2 Å². The Balaban J connectivity index is 2.39. The van der Waals surface area contributed by atoms with Gasteiger partial charge in [-0.2, -0.15) is 0 Å². The monoisotopic (exact) mass is 178 g/mol. The van der Waals surface area contributed by atoms with Gasteiger partial charge in [0.15, 0.2) is 0 Å². The van der Waals surface area contributed by atoms with E-state index in [2.05, 4.69) is 0 Å². The minimum atomic E-state index is 0.121. The Bertz CT molecular complexity index is 312. The van der Waals surface area contributed by atoms with Crippen LogP contribution in [-0.4, -0.2) is 6.61 Å². The molecule has 0 spiro atoms. The van der Waals surface area contributed by atoms with Gasteiger partial charge in [0.1, 0.15) is 5.75 Å². The molecule has 1 aliphatic heterocycles. The Morgan fingerprint density at radius 1 is 1.46 bits per heavy atom. The molecule has 0 radical (unpaired) electrons. The highest BCUT2D eigenvalue weighted by molar-refractivity contribution is 5.40. The Kier molecular flexibility index (Phi) is 2.20. The fourth-order valence-corrected chi connectivity index (χ4v) is 1.59. The van der Waals surface area contributed by atoms with Crippen LogP contribution in [0.1, 0.15) is 23.6 Å². The smallest absolute Gasteiger partial charge is 0.124 e. The zero-order valence-electron chi connectivity index (χ0n) is 7.49. The second-order valence-corrected chi connectivity index (χ2v) is 3.32. The lowest BCUT2D eigenvalue weighted by Gasteiger charge is -2.23. The van der Waals surface area contributed by atoms with Crippen molar-refractivity contribution in [3.8, 4) is 5.75 Å². The van der Waals surface area contributed by atoms with Crippen LogP contribution in [0.15, 0.2) is 18.2 Å². The molecule has 13 heavy (non-hydrogen) atoms. The van der Waals surface area contributed by atoms with E-state index in [-0.39, 0.29) is 6.04 Å². The van der Waals surface area contributed by atoms with Gasteiger partial charge in [0.2, 0.25) is 0 Å². The molecule has 2 rings (SSSR count). The molecule has 1 aliphatic rings. The van der Waals surface area contributed by atoms with Gasteiger partial charge in [-0.05, 0) is 11.6 Å². The molecule has 0 unspecified atom stereocenters. The van der Waals surface area contributed by atoms with Crippen molar-refractivity contribution in [3.63, 3.8) is 0 Å². The molecular formula is C10H14N2O. The third-order valence-corrected chi connectivity index (χ3v) is 2.40. The summed E-state index contributed by atoms with van der Waals surface area (Å²) in [7, 11) is 0. The zero-order valence-corrected chi connectivity index (χ0v) is 7.49. The number of rotatable bonds is 1. The summed E-state index contributed by atoms with van der Waals surface area (Å²) in [5.74, 6) is 0.904. The van der Waals surface area contributed by atoms with Gasteiger partial charge in [-0.25, -0.2) is 0 Å². The topological polar surface area (TPSA) is 61.3 Å². The van der Waals surface area contributed by atoms with E-state index in [1.165, 1.54) is 0 Å². The van der Waals surface area contributed by atoms with Crippen LogP contribution in [0.5, 0.6) is 5.75 Å². The number of fused-ring (bicyclic) bond motifs is 1. The van der Waals surface area contributed by atoms with Crippen LogP contribution < -0.4 is 16.2 Å². The van der Waals surface area contributed by atoms with Crippen LogP contribution in [-0.2, 0) is 6.54 Å². The van der Waals surface area contributed by atoms with Crippen LogP contribution in [0.25, 0.3) is 0 Å². The van der Waals surface area contributed by atoms with Gasteiger partial charge in [-0.3, -0.25) is 0 Å². The first kappa shape index (κ1) is 8.53. The van der Waals surface area contributed by atoms with E-state index in [1.54, 1.807) is 0 Å². The molecule has 0 saturated heterocycles. The Labute approximate surface area is 77.7 Å². The van der Waals surface area contributed by atoms with Crippen LogP contribution in [0, 0.1) is 0 Å².